The molecule has 4 rings (SSSR count). The van der Waals surface area contributed by atoms with Crippen molar-refractivity contribution < 1.29 is 14.1 Å². The third-order valence-electron chi connectivity index (χ3n) is 4.17. The van der Waals surface area contributed by atoms with E-state index in [1.165, 1.54) is 24.3 Å². The highest BCUT2D eigenvalue weighted by atomic mass is 16.6. The Morgan fingerprint density at radius 3 is 2.25 bits per heavy atom. The standard InChI is InChI=1S/C21H14N2O5/c1-13-2-11-19-18(12-13)21(24)28-20(22-19)14-3-7-16(8-4-14)27-17-9-5-15(6-10-17)23(25)26/h2-12H,1H3. The summed E-state index contributed by atoms with van der Waals surface area (Å²) in [5, 5.41) is 11.1. The van der Waals surface area contributed by atoms with Crippen LogP contribution in [0.25, 0.3) is 22.4 Å². The topological polar surface area (TPSA) is 95.5 Å². The molecule has 0 radical (unpaired) electrons. The number of benzene rings is 3. The number of fused-ring (bicyclic) bond motifs is 1. The predicted octanol–water partition coefficient (Wildman–Crippen LogP) is 4.86. The fraction of sp³-hybridized carbons (Fsp3) is 0.0476. The second kappa shape index (κ2) is 6.96. The van der Waals surface area contributed by atoms with Gasteiger partial charge < -0.3 is 9.15 Å². The van der Waals surface area contributed by atoms with Crippen molar-refractivity contribution in [2.75, 3.05) is 0 Å². The Morgan fingerprint density at radius 2 is 1.61 bits per heavy atom. The number of nitro benzene ring substituents is 1. The molecule has 0 atom stereocenters. The molecule has 0 aliphatic heterocycles. The molecule has 3 aromatic carbocycles. The van der Waals surface area contributed by atoms with Gasteiger partial charge in [0, 0.05) is 17.7 Å². The Hall–Kier alpha value is -4.00. The van der Waals surface area contributed by atoms with Crippen molar-refractivity contribution in [3.63, 3.8) is 0 Å². The first kappa shape index (κ1) is 17.4. The summed E-state index contributed by atoms with van der Waals surface area (Å²) in [5.74, 6) is 1.24. The van der Waals surface area contributed by atoms with Crippen LogP contribution in [-0.2, 0) is 0 Å². The van der Waals surface area contributed by atoms with E-state index in [9.17, 15) is 14.9 Å². The third kappa shape index (κ3) is 3.45. The highest BCUT2D eigenvalue weighted by molar-refractivity contribution is 5.79. The van der Waals surface area contributed by atoms with Crippen LogP contribution in [-0.4, -0.2) is 9.91 Å². The Morgan fingerprint density at radius 1 is 0.964 bits per heavy atom. The van der Waals surface area contributed by atoms with Crippen LogP contribution in [0.4, 0.5) is 5.69 Å². The first-order valence-corrected chi connectivity index (χ1v) is 8.44. The summed E-state index contributed by atoms with van der Waals surface area (Å²) in [6.07, 6.45) is 0. The molecule has 1 heterocycles. The molecular weight excluding hydrogens is 360 g/mol. The molecule has 0 bridgehead atoms. The monoisotopic (exact) mass is 374 g/mol. The zero-order valence-corrected chi connectivity index (χ0v) is 14.8. The molecule has 0 amide bonds. The summed E-state index contributed by atoms with van der Waals surface area (Å²) < 4.78 is 11.0. The summed E-state index contributed by atoms with van der Waals surface area (Å²) >= 11 is 0. The lowest BCUT2D eigenvalue weighted by Gasteiger charge is -2.07. The van der Waals surface area contributed by atoms with Crippen molar-refractivity contribution in [3.05, 3.63) is 92.8 Å². The number of ether oxygens (including phenoxy) is 1. The molecule has 0 aliphatic rings. The molecule has 0 saturated carbocycles. The fourth-order valence-electron chi connectivity index (χ4n) is 2.75. The van der Waals surface area contributed by atoms with E-state index in [2.05, 4.69) is 4.98 Å². The zero-order chi connectivity index (χ0) is 19.7. The van der Waals surface area contributed by atoms with Gasteiger partial charge in [-0.05, 0) is 55.5 Å². The largest absolute Gasteiger partial charge is 0.457 e. The van der Waals surface area contributed by atoms with Gasteiger partial charge in [0.25, 0.3) is 5.69 Å². The number of aromatic nitrogens is 1. The minimum atomic E-state index is -0.468. The summed E-state index contributed by atoms with van der Waals surface area (Å²) in [5.41, 5.74) is 1.73. The number of hydrogen-bond donors (Lipinski definition) is 0. The molecule has 28 heavy (non-hydrogen) atoms. The van der Waals surface area contributed by atoms with Crippen molar-refractivity contribution in [1.82, 2.24) is 4.98 Å². The first-order chi connectivity index (χ1) is 13.5. The van der Waals surface area contributed by atoms with Crippen LogP contribution in [0, 0.1) is 17.0 Å². The number of non-ortho nitro benzene ring substituents is 1. The minimum Gasteiger partial charge on any atom is -0.457 e. The molecule has 0 unspecified atom stereocenters. The molecule has 7 heteroatoms. The van der Waals surface area contributed by atoms with Gasteiger partial charge in [-0.3, -0.25) is 10.1 Å². The quantitative estimate of drug-likeness (QED) is 0.374. The Balaban J connectivity index is 1.59. The van der Waals surface area contributed by atoms with Crippen LogP contribution in [0.5, 0.6) is 11.5 Å². The van der Waals surface area contributed by atoms with Gasteiger partial charge in [-0.25, -0.2) is 9.78 Å². The second-order valence-corrected chi connectivity index (χ2v) is 6.20. The van der Waals surface area contributed by atoms with Crippen LogP contribution >= 0.6 is 0 Å². The Kier molecular flexibility index (Phi) is 4.33. The van der Waals surface area contributed by atoms with E-state index < -0.39 is 10.5 Å². The van der Waals surface area contributed by atoms with Crippen molar-refractivity contribution in [2.45, 2.75) is 6.92 Å². The number of hydrogen-bond acceptors (Lipinski definition) is 6. The predicted molar refractivity (Wildman–Crippen MR) is 104 cm³/mol. The van der Waals surface area contributed by atoms with Gasteiger partial charge >= 0.3 is 5.63 Å². The van der Waals surface area contributed by atoms with Gasteiger partial charge in [0.15, 0.2) is 0 Å². The highest BCUT2D eigenvalue weighted by Crippen LogP contribution is 2.26. The van der Waals surface area contributed by atoms with E-state index in [4.69, 9.17) is 9.15 Å². The molecule has 0 aliphatic carbocycles. The van der Waals surface area contributed by atoms with Gasteiger partial charge in [-0.15, -0.1) is 0 Å². The maximum Gasteiger partial charge on any atom is 0.347 e. The van der Waals surface area contributed by atoms with Crippen molar-refractivity contribution in [2.24, 2.45) is 0 Å². The molecule has 4 aromatic rings. The number of nitro groups is 1. The van der Waals surface area contributed by atoms with E-state index in [1.807, 2.05) is 13.0 Å². The van der Waals surface area contributed by atoms with Crippen LogP contribution in [0.2, 0.25) is 0 Å². The van der Waals surface area contributed by atoms with Gasteiger partial charge in [0.2, 0.25) is 5.89 Å². The van der Waals surface area contributed by atoms with Crippen LogP contribution in [0.1, 0.15) is 5.56 Å². The van der Waals surface area contributed by atoms with Gasteiger partial charge in [0.05, 0.1) is 15.8 Å². The SMILES string of the molecule is Cc1ccc2nc(-c3ccc(Oc4ccc([N+](=O)[O-])cc4)cc3)oc(=O)c2c1. The minimum absolute atomic E-state index is 0.00435. The summed E-state index contributed by atoms with van der Waals surface area (Å²) in [7, 11) is 0. The lowest BCUT2D eigenvalue weighted by Crippen LogP contribution is -2.03. The number of rotatable bonds is 4. The van der Waals surface area contributed by atoms with E-state index in [-0.39, 0.29) is 11.6 Å². The maximum atomic E-state index is 12.2. The van der Waals surface area contributed by atoms with Crippen LogP contribution in [0.3, 0.4) is 0 Å². The molecule has 1 aromatic heterocycles. The number of nitrogens with zero attached hydrogens (tertiary/aromatic N) is 2. The molecule has 0 saturated heterocycles. The van der Waals surface area contributed by atoms with E-state index in [1.54, 1.807) is 36.4 Å². The van der Waals surface area contributed by atoms with Crippen LogP contribution < -0.4 is 10.4 Å². The van der Waals surface area contributed by atoms with E-state index in [0.717, 1.165) is 5.56 Å². The smallest absolute Gasteiger partial charge is 0.347 e. The molecule has 0 fully saturated rings. The van der Waals surface area contributed by atoms with E-state index >= 15 is 0 Å². The van der Waals surface area contributed by atoms with Crippen molar-refractivity contribution >= 4 is 16.6 Å². The lowest BCUT2D eigenvalue weighted by atomic mass is 10.1. The zero-order valence-electron chi connectivity index (χ0n) is 14.8. The summed E-state index contributed by atoms with van der Waals surface area (Å²) in [6, 6.07) is 18.1. The van der Waals surface area contributed by atoms with Crippen molar-refractivity contribution in [1.29, 1.82) is 0 Å². The molecular formula is C21H14N2O5. The van der Waals surface area contributed by atoms with Gasteiger partial charge in [0.1, 0.15) is 11.5 Å². The Bertz CT molecular complexity index is 1230. The van der Waals surface area contributed by atoms with Gasteiger partial charge in [-0.1, -0.05) is 11.6 Å². The van der Waals surface area contributed by atoms with Crippen molar-refractivity contribution in [3.8, 4) is 23.0 Å². The molecule has 0 N–H and O–H groups in total. The highest BCUT2D eigenvalue weighted by Gasteiger charge is 2.10. The summed E-state index contributed by atoms with van der Waals surface area (Å²) in [6.45, 7) is 1.90. The second-order valence-electron chi connectivity index (χ2n) is 6.20. The maximum absolute atomic E-state index is 12.2. The number of aryl methyl sites for hydroxylation is 1. The Labute approximate surface area is 159 Å². The average molecular weight is 374 g/mol. The van der Waals surface area contributed by atoms with Crippen LogP contribution in [0.15, 0.2) is 75.9 Å². The average Bonchev–Trinajstić information content (AvgIpc) is 2.69. The normalized spacial score (nSPS) is 10.8. The molecule has 0 spiro atoms. The third-order valence-corrected chi connectivity index (χ3v) is 4.17. The van der Waals surface area contributed by atoms with E-state index in [0.29, 0.717) is 28.0 Å². The first-order valence-electron chi connectivity index (χ1n) is 8.44. The molecule has 138 valence electrons. The molecule has 7 nitrogen and oxygen atoms in total. The lowest BCUT2D eigenvalue weighted by molar-refractivity contribution is -0.384. The summed E-state index contributed by atoms with van der Waals surface area (Å²) in [4.78, 5) is 26.9. The van der Waals surface area contributed by atoms with Gasteiger partial charge in [-0.2, -0.15) is 0 Å². The fourth-order valence-corrected chi connectivity index (χ4v) is 2.75.